The number of aryl methyl sites for hydroxylation is 6. The van der Waals surface area contributed by atoms with Gasteiger partial charge in [0.1, 0.15) is 0 Å². The summed E-state index contributed by atoms with van der Waals surface area (Å²) in [5.74, 6) is 1.41. The quantitative estimate of drug-likeness (QED) is 0.149. The molecule has 4 rings (SSSR count). The fourth-order valence-corrected chi connectivity index (χ4v) is 4.10. The van der Waals surface area contributed by atoms with Gasteiger partial charge in [0.25, 0.3) is 0 Å². The van der Waals surface area contributed by atoms with Gasteiger partial charge in [-0.05, 0) is 71.3 Å². The van der Waals surface area contributed by atoms with Gasteiger partial charge < -0.3 is 0 Å². The maximum absolute atomic E-state index is 4.33. The smallest absolute Gasteiger partial charge is 0.225 e. The van der Waals surface area contributed by atoms with Crippen molar-refractivity contribution in [2.45, 2.75) is 44.9 Å². The maximum atomic E-state index is 4.33. The van der Waals surface area contributed by atoms with Crippen LogP contribution in [0.5, 0.6) is 0 Å². The molecule has 0 radical (unpaired) electrons. The van der Waals surface area contributed by atoms with E-state index in [9.17, 15) is 0 Å². The highest BCUT2D eigenvalue weighted by Gasteiger charge is 2.12. The lowest BCUT2D eigenvalue weighted by Gasteiger charge is -2.04. The Kier molecular flexibility index (Phi) is 8.96. The molecule has 192 valence electrons. The minimum absolute atomic E-state index is 0.707. The Hall–Kier alpha value is -4.08. The van der Waals surface area contributed by atoms with Crippen LogP contribution in [-0.4, -0.2) is 19.6 Å². The molecule has 0 bridgehead atoms. The molecular weight excluding hydrogens is 464 g/mol. The molecule has 0 unspecified atom stereocenters. The van der Waals surface area contributed by atoms with Gasteiger partial charge >= 0.3 is 11.9 Å². The lowest BCUT2D eigenvalue weighted by molar-refractivity contribution is -0.659. The summed E-state index contributed by atoms with van der Waals surface area (Å²) in [5.41, 5.74) is 4.39. The van der Waals surface area contributed by atoms with Gasteiger partial charge in [0, 0.05) is 10.2 Å². The van der Waals surface area contributed by atoms with Gasteiger partial charge in [-0.3, -0.25) is 0 Å². The molecule has 0 aliphatic carbocycles. The van der Waals surface area contributed by atoms with Crippen molar-refractivity contribution in [3.63, 3.8) is 0 Å². The average Bonchev–Trinajstić information content (AvgIpc) is 3.41. The molecule has 2 aromatic heterocycles. The summed E-state index contributed by atoms with van der Waals surface area (Å²) in [4.78, 5) is 0. The molecule has 0 atom stereocenters. The third-order valence-electron chi connectivity index (χ3n) is 6.32. The predicted octanol–water partition coefficient (Wildman–Crippen LogP) is 5.37. The van der Waals surface area contributed by atoms with Gasteiger partial charge in [0.2, 0.25) is 12.7 Å². The molecule has 10 heteroatoms. The number of hydrogen-bond donors (Lipinski definition) is 0. The summed E-state index contributed by atoms with van der Waals surface area (Å²) in [6.07, 6.45) is 11.8. The van der Waals surface area contributed by atoms with E-state index in [1.807, 2.05) is 61.6 Å². The van der Waals surface area contributed by atoms with E-state index in [0.29, 0.717) is 11.9 Å². The number of unbranched alkanes of at least 4 members (excludes halogenated alkanes) is 4. The summed E-state index contributed by atoms with van der Waals surface area (Å²) in [5, 5.41) is 25.6. The standard InChI is InChI=1S/C27H36N10/c1-34-20-28-36(3)26(34)32-30-24-16-12-22(13-17-24)10-8-6-5-7-9-11-23-14-18-25(19-15-23)31-33-27-35(2)21-29-37(27)4/h12-21H,5-11H2,1-4H3/q+2. The van der Waals surface area contributed by atoms with Crippen molar-refractivity contribution in [1.29, 1.82) is 0 Å². The van der Waals surface area contributed by atoms with Crippen LogP contribution >= 0.6 is 0 Å². The molecule has 2 heterocycles. The number of azo groups is 2. The Morgan fingerprint density at radius 3 is 1.30 bits per heavy atom. The normalized spacial score (nSPS) is 11.8. The van der Waals surface area contributed by atoms with Crippen LogP contribution in [0.15, 0.2) is 81.6 Å². The van der Waals surface area contributed by atoms with E-state index in [4.69, 9.17) is 0 Å². The fourth-order valence-electron chi connectivity index (χ4n) is 4.10. The van der Waals surface area contributed by atoms with E-state index in [1.165, 1.54) is 43.2 Å². The van der Waals surface area contributed by atoms with Gasteiger partial charge in [-0.1, -0.05) is 53.8 Å². The van der Waals surface area contributed by atoms with Gasteiger partial charge in [-0.25, -0.2) is 9.13 Å². The predicted molar refractivity (Wildman–Crippen MR) is 140 cm³/mol. The van der Waals surface area contributed by atoms with Crippen LogP contribution in [0, 0.1) is 0 Å². The number of rotatable bonds is 12. The van der Waals surface area contributed by atoms with Crippen LogP contribution in [0.25, 0.3) is 0 Å². The summed E-state index contributed by atoms with van der Waals surface area (Å²) in [6, 6.07) is 16.7. The van der Waals surface area contributed by atoms with Gasteiger partial charge in [-0.2, -0.15) is 0 Å². The van der Waals surface area contributed by atoms with Crippen molar-refractivity contribution in [2.24, 2.45) is 48.6 Å². The second kappa shape index (κ2) is 12.8. The first kappa shape index (κ1) is 26.0. The molecule has 0 aliphatic rings. The van der Waals surface area contributed by atoms with E-state index in [-0.39, 0.29) is 0 Å². The van der Waals surface area contributed by atoms with E-state index < -0.39 is 0 Å². The Morgan fingerprint density at radius 2 is 0.946 bits per heavy atom. The minimum Gasteiger partial charge on any atom is -0.225 e. The zero-order chi connectivity index (χ0) is 26.0. The Morgan fingerprint density at radius 1 is 0.568 bits per heavy atom. The van der Waals surface area contributed by atoms with E-state index in [2.05, 4.69) is 54.9 Å². The molecule has 0 saturated heterocycles. The topological polar surface area (TPSA) is 92.8 Å². The van der Waals surface area contributed by atoms with Crippen LogP contribution in [0.1, 0.15) is 43.2 Å². The SMILES string of the molecule is Cn1nc[n+](C)c1N=Nc1ccc(CCCCCCCc2ccc(N=Nc3n(C)nc[n+]3C)cc2)cc1. The zero-order valence-electron chi connectivity index (χ0n) is 22.2. The van der Waals surface area contributed by atoms with E-state index >= 15 is 0 Å². The number of aromatic nitrogens is 6. The molecular formula is C27H36N10+2. The molecule has 0 spiro atoms. The molecule has 37 heavy (non-hydrogen) atoms. The molecule has 10 nitrogen and oxygen atoms in total. The minimum atomic E-state index is 0.707. The second-order valence-corrected chi connectivity index (χ2v) is 9.33. The lowest BCUT2D eigenvalue weighted by Crippen LogP contribution is -2.25. The summed E-state index contributed by atoms with van der Waals surface area (Å²) in [7, 11) is 7.52. The van der Waals surface area contributed by atoms with Gasteiger partial charge in [0.15, 0.2) is 0 Å². The highest BCUT2D eigenvalue weighted by molar-refractivity contribution is 5.39. The van der Waals surface area contributed by atoms with Crippen molar-refractivity contribution in [1.82, 2.24) is 19.6 Å². The van der Waals surface area contributed by atoms with Crippen molar-refractivity contribution < 1.29 is 9.13 Å². The molecule has 0 fully saturated rings. The summed E-state index contributed by atoms with van der Waals surface area (Å²) < 4.78 is 7.08. The largest absolute Gasteiger partial charge is 0.403 e. The molecule has 4 aromatic rings. The van der Waals surface area contributed by atoms with Crippen molar-refractivity contribution in [2.75, 3.05) is 0 Å². The molecule has 2 aromatic carbocycles. The Bertz CT molecular complexity index is 1190. The second-order valence-electron chi connectivity index (χ2n) is 9.33. The monoisotopic (exact) mass is 500 g/mol. The van der Waals surface area contributed by atoms with Gasteiger partial charge in [0.05, 0.1) is 39.6 Å². The highest BCUT2D eigenvalue weighted by atomic mass is 15.4. The average molecular weight is 501 g/mol. The lowest BCUT2D eigenvalue weighted by atomic mass is 10.0. The summed E-state index contributed by atoms with van der Waals surface area (Å²) >= 11 is 0. The van der Waals surface area contributed by atoms with Crippen LogP contribution < -0.4 is 9.13 Å². The zero-order valence-corrected chi connectivity index (χ0v) is 22.2. The third-order valence-corrected chi connectivity index (χ3v) is 6.32. The van der Waals surface area contributed by atoms with Crippen LogP contribution in [-0.2, 0) is 41.0 Å². The van der Waals surface area contributed by atoms with Crippen molar-refractivity contribution in [3.8, 4) is 0 Å². The molecule has 0 amide bonds. The molecule has 0 aliphatic heterocycles. The number of benzene rings is 2. The maximum Gasteiger partial charge on any atom is 0.403 e. The number of nitrogens with zero attached hydrogens (tertiary/aromatic N) is 10. The van der Waals surface area contributed by atoms with E-state index in [0.717, 1.165) is 24.2 Å². The van der Waals surface area contributed by atoms with Gasteiger partial charge in [-0.15, -0.1) is 9.36 Å². The fraction of sp³-hybridized carbons (Fsp3) is 0.407. The van der Waals surface area contributed by atoms with Crippen LogP contribution in [0.2, 0.25) is 0 Å². The van der Waals surface area contributed by atoms with Crippen molar-refractivity contribution in [3.05, 3.63) is 72.3 Å². The highest BCUT2D eigenvalue weighted by Crippen LogP contribution is 2.19. The summed E-state index contributed by atoms with van der Waals surface area (Å²) in [6.45, 7) is 0. The molecule has 0 N–H and O–H groups in total. The van der Waals surface area contributed by atoms with Crippen LogP contribution in [0.3, 0.4) is 0 Å². The van der Waals surface area contributed by atoms with Crippen LogP contribution in [0.4, 0.5) is 23.3 Å². The van der Waals surface area contributed by atoms with E-state index in [1.54, 1.807) is 22.0 Å². The van der Waals surface area contributed by atoms with Crippen molar-refractivity contribution >= 4 is 23.3 Å². The first-order valence-electron chi connectivity index (χ1n) is 12.8. The molecule has 0 saturated carbocycles. The first-order chi connectivity index (χ1) is 18.0. The number of hydrogen-bond acceptors (Lipinski definition) is 6. The Labute approximate surface area is 218 Å². The third kappa shape index (κ3) is 7.45. The first-order valence-corrected chi connectivity index (χ1v) is 12.8. The Balaban J connectivity index is 1.10.